The van der Waals surface area contributed by atoms with Crippen LogP contribution in [-0.2, 0) is 0 Å². The van der Waals surface area contributed by atoms with Crippen LogP contribution in [0.1, 0.15) is 21.6 Å². The van der Waals surface area contributed by atoms with Crippen molar-refractivity contribution in [2.24, 2.45) is 0 Å². The van der Waals surface area contributed by atoms with E-state index in [1.165, 1.54) is 0 Å². The summed E-state index contributed by atoms with van der Waals surface area (Å²) in [4.78, 5) is 13.4. The molecule has 118 valence electrons. The first-order chi connectivity index (χ1) is 12.3. The van der Waals surface area contributed by atoms with E-state index in [2.05, 4.69) is 24.3 Å². The number of nitrogens with zero attached hydrogens (tertiary/aromatic N) is 1. The van der Waals surface area contributed by atoms with Crippen LogP contribution in [0, 0.1) is 0 Å². The number of rotatable bonds is 2. The molecule has 2 nitrogen and oxygen atoms in total. The maximum Gasteiger partial charge on any atom is 0.264 e. The van der Waals surface area contributed by atoms with E-state index >= 15 is 0 Å². The average Bonchev–Trinajstić information content (AvgIpc) is 3.18. The molecule has 0 spiro atoms. The van der Waals surface area contributed by atoms with Gasteiger partial charge in [-0.15, -0.1) is 0 Å². The molecule has 0 saturated heterocycles. The fourth-order valence-corrected chi connectivity index (χ4v) is 3.67. The summed E-state index contributed by atoms with van der Waals surface area (Å²) in [6.07, 6.45) is 0. The fourth-order valence-electron chi connectivity index (χ4n) is 3.67. The molecule has 0 saturated carbocycles. The largest absolute Gasteiger partial charge is 0.276 e. The van der Waals surface area contributed by atoms with Gasteiger partial charge >= 0.3 is 0 Å². The van der Waals surface area contributed by atoms with Gasteiger partial charge in [0.2, 0.25) is 0 Å². The van der Waals surface area contributed by atoms with Gasteiger partial charge in [0, 0.05) is 11.0 Å². The molecule has 1 aromatic heterocycles. The first-order valence-electron chi connectivity index (χ1n) is 8.35. The van der Waals surface area contributed by atoms with Gasteiger partial charge in [-0.3, -0.25) is 9.36 Å². The summed E-state index contributed by atoms with van der Waals surface area (Å²) in [5, 5.41) is 1.09. The Balaban J connectivity index is 1.88. The summed E-state index contributed by atoms with van der Waals surface area (Å²) in [5.41, 5.74) is 5.73. The third-order valence-electron chi connectivity index (χ3n) is 4.76. The number of benzene rings is 3. The molecular formula is C23H15NO. The summed E-state index contributed by atoms with van der Waals surface area (Å²) in [6.45, 7) is 0. The minimum absolute atomic E-state index is 0.0428. The smallest absolute Gasteiger partial charge is 0.264 e. The predicted molar refractivity (Wildman–Crippen MR) is 101 cm³/mol. The quantitative estimate of drug-likeness (QED) is 0.494. The van der Waals surface area contributed by atoms with Crippen molar-refractivity contribution in [2.75, 3.05) is 0 Å². The van der Waals surface area contributed by atoms with Gasteiger partial charge in [0.15, 0.2) is 0 Å². The summed E-state index contributed by atoms with van der Waals surface area (Å²) >= 11 is 0. The van der Waals surface area contributed by atoms with Gasteiger partial charge in [-0.05, 0) is 23.3 Å². The summed E-state index contributed by atoms with van der Waals surface area (Å²) < 4.78 is 1.85. The fraction of sp³-hybridized carbons (Fsp3) is 0. The number of carbonyl (C=O) groups excluding carboxylic acids is 1. The lowest BCUT2D eigenvalue weighted by Crippen LogP contribution is -2.07. The highest BCUT2D eigenvalue weighted by Crippen LogP contribution is 2.41. The molecule has 0 fully saturated rings. The van der Waals surface area contributed by atoms with Gasteiger partial charge in [-0.2, -0.15) is 0 Å². The van der Waals surface area contributed by atoms with Gasteiger partial charge in [-0.25, -0.2) is 0 Å². The second-order valence-electron chi connectivity index (χ2n) is 6.21. The van der Waals surface area contributed by atoms with Crippen LogP contribution in [0.2, 0.25) is 0 Å². The molecule has 5 rings (SSSR count). The van der Waals surface area contributed by atoms with E-state index < -0.39 is 0 Å². The Kier molecular flexibility index (Phi) is 2.98. The van der Waals surface area contributed by atoms with Crippen molar-refractivity contribution in [3.8, 4) is 0 Å². The number of hydrogen-bond donors (Lipinski definition) is 0. The highest BCUT2D eigenvalue weighted by atomic mass is 16.2. The molecule has 3 aromatic carbocycles. The van der Waals surface area contributed by atoms with Crippen LogP contribution in [0.25, 0.3) is 22.0 Å². The molecular weight excluding hydrogens is 306 g/mol. The van der Waals surface area contributed by atoms with Crippen LogP contribution in [0.4, 0.5) is 0 Å². The summed E-state index contributed by atoms with van der Waals surface area (Å²) in [5.74, 6) is 0.0428. The van der Waals surface area contributed by atoms with Crippen molar-refractivity contribution < 1.29 is 4.79 Å². The van der Waals surface area contributed by atoms with Crippen molar-refractivity contribution in [1.82, 2.24) is 4.57 Å². The van der Waals surface area contributed by atoms with E-state index in [4.69, 9.17) is 0 Å². The molecule has 0 amide bonds. The van der Waals surface area contributed by atoms with Crippen LogP contribution < -0.4 is 0 Å². The topological polar surface area (TPSA) is 22.0 Å². The Morgan fingerprint density at radius 1 is 0.600 bits per heavy atom. The van der Waals surface area contributed by atoms with Gasteiger partial charge in [0.05, 0.1) is 16.8 Å². The number of para-hydroxylation sites is 1. The number of hydrogen-bond acceptors (Lipinski definition) is 1. The lowest BCUT2D eigenvalue weighted by molar-refractivity contribution is 0.0989. The molecule has 2 heteroatoms. The Bertz CT molecular complexity index is 1130. The Hall–Kier alpha value is -3.39. The Morgan fingerprint density at radius 3 is 1.84 bits per heavy atom. The van der Waals surface area contributed by atoms with Crippen molar-refractivity contribution in [1.29, 1.82) is 0 Å². The zero-order valence-corrected chi connectivity index (χ0v) is 13.5. The molecule has 4 aromatic rings. The molecule has 0 atom stereocenters. The van der Waals surface area contributed by atoms with Crippen LogP contribution >= 0.6 is 0 Å². The van der Waals surface area contributed by atoms with E-state index in [9.17, 15) is 4.79 Å². The number of fused-ring (bicyclic) bond motifs is 3. The Morgan fingerprint density at radius 2 is 1.16 bits per heavy atom. The Labute approximate surface area is 145 Å². The molecule has 0 radical (unpaired) electrons. The summed E-state index contributed by atoms with van der Waals surface area (Å²) in [7, 11) is 0. The summed E-state index contributed by atoms with van der Waals surface area (Å²) in [6, 6.07) is 30.3. The highest BCUT2D eigenvalue weighted by Gasteiger charge is 2.32. The number of allylic oxidation sites excluding steroid dienone is 1. The van der Waals surface area contributed by atoms with Gasteiger partial charge in [0.1, 0.15) is 0 Å². The van der Waals surface area contributed by atoms with Crippen molar-refractivity contribution in [3.05, 3.63) is 108 Å². The van der Waals surface area contributed by atoms with Crippen molar-refractivity contribution in [2.45, 2.75) is 0 Å². The molecule has 0 N–H and O–H groups in total. The number of carbonyl (C=O) groups is 1. The number of aromatic nitrogens is 1. The van der Waals surface area contributed by atoms with Crippen LogP contribution in [0.5, 0.6) is 0 Å². The second-order valence-corrected chi connectivity index (χ2v) is 6.21. The molecule has 1 aliphatic heterocycles. The van der Waals surface area contributed by atoms with E-state index in [-0.39, 0.29) is 5.91 Å². The van der Waals surface area contributed by atoms with Crippen molar-refractivity contribution >= 4 is 28.0 Å². The monoisotopic (exact) mass is 321 g/mol. The highest BCUT2D eigenvalue weighted by molar-refractivity contribution is 6.35. The molecule has 25 heavy (non-hydrogen) atoms. The normalized spacial score (nSPS) is 13.5. The van der Waals surface area contributed by atoms with Gasteiger partial charge < -0.3 is 0 Å². The third kappa shape index (κ3) is 2.01. The molecule has 0 bridgehead atoms. The van der Waals surface area contributed by atoms with Crippen LogP contribution in [-0.4, -0.2) is 10.5 Å². The zero-order chi connectivity index (χ0) is 16.8. The first kappa shape index (κ1) is 14.0. The van der Waals surface area contributed by atoms with E-state index in [1.54, 1.807) is 0 Å². The lowest BCUT2D eigenvalue weighted by atomic mass is 9.94. The van der Waals surface area contributed by atoms with E-state index in [0.717, 1.165) is 38.9 Å². The first-order valence-corrected chi connectivity index (χ1v) is 8.35. The maximum absolute atomic E-state index is 13.4. The predicted octanol–water partition coefficient (Wildman–Crippen LogP) is 5.25. The SMILES string of the molecule is O=C1C(c2ccccc2)=C(c2ccccc2)c2cc3ccccc3n21. The van der Waals surface area contributed by atoms with E-state index in [1.807, 2.05) is 71.3 Å². The molecule has 1 aliphatic rings. The zero-order valence-electron chi connectivity index (χ0n) is 13.5. The minimum atomic E-state index is 0.0428. The molecule has 0 aliphatic carbocycles. The standard InChI is InChI=1S/C23H15NO/c25-23-22(17-11-5-2-6-12-17)21(16-9-3-1-4-10-16)20-15-18-13-7-8-14-19(18)24(20)23/h1-15H. The van der Waals surface area contributed by atoms with Crippen molar-refractivity contribution in [3.63, 3.8) is 0 Å². The van der Waals surface area contributed by atoms with E-state index in [0.29, 0.717) is 0 Å². The minimum Gasteiger partial charge on any atom is -0.276 e. The third-order valence-corrected chi connectivity index (χ3v) is 4.76. The second kappa shape index (κ2) is 5.32. The maximum atomic E-state index is 13.4. The van der Waals surface area contributed by atoms with Gasteiger partial charge in [0.25, 0.3) is 5.91 Å². The van der Waals surface area contributed by atoms with Crippen LogP contribution in [0.15, 0.2) is 91.0 Å². The molecule has 2 heterocycles. The average molecular weight is 321 g/mol. The molecule has 0 unspecified atom stereocenters. The lowest BCUT2D eigenvalue weighted by Gasteiger charge is -2.07. The van der Waals surface area contributed by atoms with Crippen LogP contribution in [0.3, 0.4) is 0 Å². The van der Waals surface area contributed by atoms with Gasteiger partial charge in [-0.1, -0.05) is 78.9 Å².